The Morgan fingerprint density at radius 1 is 1.06 bits per heavy atom. The molecule has 1 aromatic carbocycles. The molecule has 0 bridgehead atoms. The molecule has 0 aliphatic heterocycles. The van der Waals surface area contributed by atoms with E-state index < -0.39 is 0 Å². The standard InChI is InChI=1S/C14H23NO2/c1-10(5-6-11(2)15)12-7-8-13(16-3)14(9-12)17-4/h7-11H,5-6,15H2,1-4H3. The van der Waals surface area contributed by atoms with Gasteiger partial charge in [-0.3, -0.25) is 0 Å². The highest BCUT2D eigenvalue weighted by atomic mass is 16.5. The van der Waals surface area contributed by atoms with E-state index in [1.54, 1.807) is 14.2 Å². The first-order chi connectivity index (χ1) is 8.08. The van der Waals surface area contributed by atoms with Crippen molar-refractivity contribution < 1.29 is 9.47 Å². The van der Waals surface area contributed by atoms with Gasteiger partial charge in [0.05, 0.1) is 14.2 Å². The Morgan fingerprint density at radius 2 is 1.71 bits per heavy atom. The zero-order valence-electron chi connectivity index (χ0n) is 11.2. The third kappa shape index (κ3) is 3.93. The molecule has 0 aromatic heterocycles. The number of hydrogen-bond acceptors (Lipinski definition) is 3. The lowest BCUT2D eigenvalue weighted by Gasteiger charge is -2.15. The summed E-state index contributed by atoms with van der Waals surface area (Å²) in [6.07, 6.45) is 2.13. The van der Waals surface area contributed by atoms with Gasteiger partial charge in [0.1, 0.15) is 0 Å². The molecule has 96 valence electrons. The van der Waals surface area contributed by atoms with Gasteiger partial charge in [0.25, 0.3) is 0 Å². The molecule has 17 heavy (non-hydrogen) atoms. The maximum atomic E-state index is 5.78. The third-order valence-electron chi connectivity index (χ3n) is 3.03. The largest absolute Gasteiger partial charge is 0.493 e. The number of hydrogen-bond donors (Lipinski definition) is 1. The fourth-order valence-corrected chi connectivity index (χ4v) is 1.84. The van der Waals surface area contributed by atoms with Gasteiger partial charge in [-0.15, -0.1) is 0 Å². The first-order valence-electron chi connectivity index (χ1n) is 6.06. The highest BCUT2D eigenvalue weighted by Gasteiger charge is 2.10. The van der Waals surface area contributed by atoms with E-state index in [0.29, 0.717) is 5.92 Å². The van der Waals surface area contributed by atoms with Crippen LogP contribution in [0.5, 0.6) is 11.5 Å². The molecule has 0 saturated carbocycles. The molecule has 1 rings (SSSR count). The Bertz CT molecular complexity index is 350. The zero-order valence-corrected chi connectivity index (χ0v) is 11.2. The van der Waals surface area contributed by atoms with Crippen molar-refractivity contribution in [3.8, 4) is 11.5 Å². The van der Waals surface area contributed by atoms with Crippen LogP contribution in [-0.4, -0.2) is 20.3 Å². The Labute approximate surface area is 104 Å². The predicted octanol–water partition coefficient (Wildman–Crippen LogP) is 2.93. The van der Waals surface area contributed by atoms with Crippen molar-refractivity contribution in [2.75, 3.05) is 14.2 Å². The van der Waals surface area contributed by atoms with Gasteiger partial charge in [-0.2, -0.15) is 0 Å². The Kier molecular flexibility index (Phi) is 5.29. The summed E-state index contributed by atoms with van der Waals surface area (Å²) < 4.78 is 10.5. The molecule has 0 saturated heterocycles. The molecule has 0 amide bonds. The molecular weight excluding hydrogens is 214 g/mol. The minimum atomic E-state index is 0.262. The van der Waals surface area contributed by atoms with Crippen LogP contribution in [0.4, 0.5) is 0 Å². The molecular formula is C14H23NO2. The molecule has 0 fully saturated rings. The fraction of sp³-hybridized carbons (Fsp3) is 0.571. The molecule has 0 aliphatic rings. The summed E-state index contributed by atoms with van der Waals surface area (Å²) in [5.41, 5.74) is 7.04. The van der Waals surface area contributed by atoms with Crippen LogP contribution in [0, 0.1) is 0 Å². The van der Waals surface area contributed by atoms with Crippen molar-refractivity contribution in [2.45, 2.75) is 38.6 Å². The summed E-state index contributed by atoms with van der Waals surface area (Å²) in [6.45, 7) is 4.25. The topological polar surface area (TPSA) is 44.5 Å². The normalized spacial score (nSPS) is 14.2. The maximum Gasteiger partial charge on any atom is 0.160 e. The van der Waals surface area contributed by atoms with Crippen molar-refractivity contribution in [2.24, 2.45) is 5.73 Å². The van der Waals surface area contributed by atoms with Crippen LogP contribution < -0.4 is 15.2 Å². The number of ether oxygens (including phenoxy) is 2. The number of nitrogens with two attached hydrogens (primary N) is 1. The van der Waals surface area contributed by atoms with E-state index in [-0.39, 0.29) is 6.04 Å². The van der Waals surface area contributed by atoms with Crippen LogP contribution in [0.3, 0.4) is 0 Å². The minimum absolute atomic E-state index is 0.262. The van der Waals surface area contributed by atoms with Gasteiger partial charge < -0.3 is 15.2 Å². The van der Waals surface area contributed by atoms with Crippen LogP contribution in [0.1, 0.15) is 38.2 Å². The minimum Gasteiger partial charge on any atom is -0.493 e. The van der Waals surface area contributed by atoms with E-state index in [4.69, 9.17) is 15.2 Å². The van der Waals surface area contributed by atoms with E-state index in [0.717, 1.165) is 24.3 Å². The van der Waals surface area contributed by atoms with Gasteiger partial charge in [0.2, 0.25) is 0 Å². The SMILES string of the molecule is COc1ccc(C(C)CCC(C)N)cc1OC. The van der Waals surface area contributed by atoms with Gasteiger partial charge >= 0.3 is 0 Å². The van der Waals surface area contributed by atoms with Crippen molar-refractivity contribution >= 4 is 0 Å². The first kappa shape index (κ1) is 13.8. The molecule has 0 spiro atoms. The van der Waals surface area contributed by atoms with Crippen molar-refractivity contribution in [3.63, 3.8) is 0 Å². The van der Waals surface area contributed by atoms with E-state index in [1.807, 2.05) is 19.1 Å². The van der Waals surface area contributed by atoms with Crippen LogP contribution in [0.15, 0.2) is 18.2 Å². The van der Waals surface area contributed by atoms with Crippen LogP contribution in [-0.2, 0) is 0 Å². The lowest BCUT2D eigenvalue weighted by molar-refractivity contribution is 0.354. The summed E-state index contributed by atoms with van der Waals surface area (Å²) in [5, 5.41) is 0. The maximum absolute atomic E-state index is 5.78. The highest BCUT2D eigenvalue weighted by molar-refractivity contribution is 5.43. The Hall–Kier alpha value is -1.22. The second-order valence-electron chi connectivity index (χ2n) is 4.57. The first-order valence-corrected chi connectivity index (χ1v) is 6.06. The molecule has 3 heteroatoms. The predicted molar refractivity (Wildman–Crippen MR) is 70.8 cm³/mol. The fourth-order valence-electron chi connectivity index (χ4n) is 1.84. The molecule has 2 unspecified atom stereocenters. The van der Waals surface area contributed by atoms with E-state index in [2.05, 4.69) is 13.0 Å². The van der Waals surface area contributed by atoms with Crippen LogP contribution >= 0.6 is 0 Å². The van der Waals surface area contributed by atoms with Crippen LogP contribution in [0.2, 0.25) is 0 Å². The van der Waals surface area contributed by atoms with Crippen molar-refractivity contribution in [1.29, 1.82) is 0 Å². The van der Waals surface area contributed by atoms with Gasteiger partial charge in [0.15, 0.2) is 11.5 Å². The van der Waals surface area contributed by atoms with Gasteiger partial charge in [-0.05, 0) is 43.4 Å². The van der Waals surface area contributed by atoms with Gasteiger partial charge in [0, 0.05) is 6.04 Å². The quantitative estimate of drug-likeness (QED) is 0.827. The summed E-state index contributed by atoms with van der Waals surface area (Å²) in [7, 11) is 3.31. The van der Waals surface area contributed by atoms with E-state index in [1.165, 1.54) is 5.56 Å². The summed E-state index contributed by atoms with van der Waals surface area (Å²) in [5.74, 6) is 2.05. The highest BCUT2D eigenvalue weighted by Crippen LogP contribution is 2.31. The average Bonchev–Trinajstić information content (AvgIpc) is 2.34. The van der Waals surface area contributed by atoms with E-state index in [9.17, 15) is 0 Å². The Balaban J connectivity index is 2.77. The molecule has 0 heterocycles. The molecule has 0 aliphatic carbocycles. The van der Waals surface area contributed by atoms with Crippen molar-refractivity contribution in [3.05, 3.63) is 23.8 Å². The summed E-state index contributed by atoms with van der Waals surface area (Å²) >= 11 is 0. The number of methoxy groups -OCH3 is 2. The van der Waals surface area contributed by atoms with Gasteiger partial charge in [-0.25, -0.2) is 0 Å². The number of benzene rings is 1. The molecule has 0 radical (unpaired) electrons. The van der Waals surface area contributed by atoms with Crippen LogP contribution in [0.25, 0.3) is 0 Å². The number of rotatable bonds is 6. The zero-order chi connectivity index (χ0) is 12.8. The second kappa shape index (κ2) is 6.50. The lowest BCUT2D eigenvalue weighted by Crippen LogP contribution is -2.15. The molecule has 2 atom stereocenters. The molecule has 2 N–H and O–H groups in total. The van der Waals surface area contributed by atoms with E-state index >= 15 is 0 Å². The Morgan fingerprint density at radius 3 is 2.24 bits per heavy atom. The average molecular weight is 237 g/mol. The second-order valence-corrected chi connectivity index (χ2v) is 4.57. The third-order valence-corrected chi connectivity index (χ3v) is 3.03. The monoisotopic (exact) mass is 237 g/mol. The van der Waals surface area contributed by atoms with Gasteiger partial charge in [-0.1, -0.05) is 13.0 Å². The summed E-state index contributed by atoms with van der Waals surface area (Å²) in [6, 6.07) is 6.35. The van der Waals surface area contributed by atoms with Crippen molar-refractivity contribution in [1.82, 2.24) is 0 Å². The summed E-state index contributed by atoms with van der Waals surface area (Å²) in [4.78, 5) is 0. The molecule has 1 aromatic rings. The lowest BCUT2D eigenvalue weighted by atomic mass is 9.94. The smallest absolute Gasteiger partial charge is 0.160 e. The molecule has 3 nitrogen and oxygen atoms in total.